The average molecular weight is 264 g/mol. The van der Waals surface area contributed by atoms with E-state index in [9.17, 15) is 4.79 Å². The normalized spacial score (nSPS) is 22.1. The van der Waals surface area contributed by atoms with Crippen LogP contribution in [0.1, 0.15) is 48.9 Å². The first kappa shape index (κ1) is 13.7. The molecule has 3 N–H and O–H groups in total. The van der Waals surface area contributed by atoms with Gasteiger partial charge in [-0.05, 0) is 12.8 Å². The quantitative estimate of drug-likeness (QED) is 0.849. The molecule has 0 saturated heterocycles. The van der Waals surface area contributed by atoms with Crippen LogP contribution >= 0.6 is 0 Å². The number of hydrogen-bond donors (Lipinski definition) is 2. The molecule has 0 aliphatic heterocycles. The van der Waals surface area contributed by atoms with E-state index in [0.717, 1.165) is 12.8 Å². The number of aromatic nitrogens is 2. The zero-order valence-electron chi connectivity index (χ0n) is 11.5. The molecular weight excluding hydrogens is 244 g/mol. The van der Waals surface area contributed by atoms with Gasteiger partial charge in [0.15, 0.2) is 5.69 Å². The molecule has 1 amide bonds. The van der Waals surface area contributed by atoms with Crippen LogP contribution in [0.25, 0.3) is 0 Å². The summed E-state index contributed by atoms with van der Waals surface area (Å²) in [4.78, 5) is 20.5. The van der Waals surface area contributed by atoms with Crippen molar-refractivity contribution in [1.29, 1.82) is 0 Å². The molecule has 1 aliphatic rings. The molecule has 0 aromatic carbocycles. The Morgan fingerprint density at radius 1 is 1.53 bits per heavy atom. The smallest absolute Gasteiger partial charge is 0.272 e. The topological polar surface area (TPSA) is 90.1 Å². The summed E-state index contributed by atoms with van der Waals surface area (Å²) in [5.74, 6) is 0.554. The molecule has 6 heteroatoms. The van der Waals surface area contributed by atoms with Gasteiger partial charge in [-0.25, -0.2) is 9.97 Å². The van der Waals surface area contributed by atoms with Gasteiger partial charge < -0.3 is 15.8 Å². The molecule has 6 nitrogen and oxygen atoms in total. The second kappa shape index (κ2) is 5.52. The van der Waals surface area contributed by atoms with Gasteiger partial charge >= 0.3 is 0 Å². The highest BCUT2D eigenvalue weighted by Crippen LogP contribution is 2.23. The number of nitrogen functional groups attached to an aromatic ring is 1. The van der Waals surface area contributed by atoms with Crippen LogP contribution in [0.4, 0.5) is 5.69 Å². The van der Waals surface area contributed by atoms with Gasteiger partial charge in [0.05, 0.1) is 18.0 Å². The zero-order chi connectivity index (χ0) is 14.0. The lowest BCUT2D eigenvalue weighted by atomic mass is 9.89. The Morgan fingerprint density at radius 2 is 2.21 bits per heavy atom. The van der Waals surface area contributed by atoms with Crippen LogP contribution < -0.4 is 11.1 Å². The molecule has 2 rings (SSSR count). The Bertz CT molecular complexity index is 470. The third kappa shape index (κ3) is 3.01. The molecular formula is C13H20N4O2. The molecule has 0 unspecified atom stereocenters. The van der Waals surface area contributed by atoms with Gasteiger partial charge in [-0.1, -0.05) is 13.8 Å². The first-order valence-corrected chi connectivity index (χ1v) is 6.47. The lowest BCUT2D eigenvalue weighted by Crippen LogP contribution is -2.47. The molecule has 0 bridgehead atoms. The first-order chi connectivity index (χ1) is 9.01. The second-order valence-corrected chi connectivity index (χ2v) is 5.19. The van der Waals surface area contributed by atoms with Gasteiger partial charge in [-0.2, -0.15) is 0 Å². The van der Waals surface area contributed by atoms with Crippen molar-refractivity contribution in [3.63, 3.8) is 0 Å². The van der Waals surface area contributed by atoms with E-state index in [1.807, 2.05) is 13.8 Å². The van der Waals surface area contributed by atoms with E-state index in [0.29, 0.717) is 11.5 Å². The van der Waals surface area contributed by atoms with Crippen LogP contribution in [0.2, 0.25) is 0 Å². The van der Waals surface area contributed by atoms with Crippen molar-refractivity contribution >= 4 is 11.6 Å². The Kier molecular flexibility index (Phi) is 3.99. The molecule has 19 heavy (non-hydrogen) atoms. The van der Waals surface area contributed by atoms with Gasteiger partial charge in [-0.15, -0.1) is 0 Å². The molecule has 1 aromatic heterocycles. The van der Waals surface area contributed by atoms with Gasteiger partial charge in [0, 0.05) is 19.1 Å². The van der Waals surface area contributed by atoms with Crippen LogP contribution in [-0.4, -0.2) is 35.1 Å². The second-order valence-electron chi connectivity index (χ2n) is 5.19. The predicted molar refractivity (Wildman–Crippen MR) is 71.8 cm³/mol. The van der Waals surface area contributed by atoms with Gasteiger partial charge in [0.2, 0.25) is 0 Å². The number of nitrogens with two attached hydrogens (primary N) is 1. The number of carbonyl (C=O) groups is 1. The lowest BCUT2D eigenvalue weighted by Gasteiger charge is -2.34. The Hall–Kier alpha value is -1.69. The van der Waals surface area contributed by atoms with Crippen LogP contribution in [0, 0.1) is 0 Å². The van der Waals surface area contributed by atoms with Crippen molar-refractivity contribution in [2.24, 2.45) is 0 Å². The molecule has 1 fully saturated rings. The molecule has 0 spiro atoms. The predicted octanol–water partition coefficient (Wildman–Crippen LogP) is 1.09. The summed E-state index contributed by atoms with van der Waals surface area (Å²) in [6.45, 7) is 3.95. The first-order valence-electron chi connectivity index (χ1n) is 6.47. The van der Waals surface area contributed by atoms with E-state index >= 15 is 0 Å². The Balaban J connectivity index is 2.04. The van der Waals surface area contributed by atoms with Crippen molar-refractivity contribution < 1.29 is 9.53 Å². The van der Waals surface area contributed by atoms with E-state index in [2.05, 4.69) is 15.3 Å². The number of hydrogen-bond acceptors (Lipinski definition) is 5. The van der Waals surface area contributed by atoms with Crippen LogP contribution in [0.15, 0.2) is 6.20 Å². The lowest BCUT2D eigenvalue weighted by molar-refractivity contribution is 0.0175. The minimum atomic E-state index is -0.235. The van der Waals surface area contributed by atoms with Gasteiger partial charge in [0.1, 0.15) is 5.82 Å². The summed E-state index contributed by atoms with van der Waals surface area (Å²) in [6.07, 6.45) is 3.42. The van der Waals surface area contributed by atoms with E-state index < -0.39 is 0 Å². The monoisotopic (exact) mass is 264 g/mol. The molecule has 1 aliphatic carbocycles. The largest absolute Gasteiger partial charge is 0.396 e. The maximum Gasteiger partial charge on any atom is 0.272 e. The summed E-state index contributed by atoms with van der Waals surface area (Å²) in [7, 11) is 1.68. The minimum absolute atomic E-state index is 0.148. The fourth-order valence-electron chi connectivity index (χ4n) is 1.99. The summed E-state index contributed by atoms with van der Waals surface area (Å²) < 4.78 is 5.18. The molecule has 0 radical (unpaired) electrons. The highest BCUT2D eigenvalue weighted by molar-refractivity contribution is 5.97. The highest BCUT2D eigenvalue weighted by atomic mass is 16.5. The summed E-state index contributed by atoms with van der Waals surface area (Å²) >= 11 is 0. The fraction of sp³-hybridized carbons (Fsp3) is 0.615. The molecule has 104 valence electrons. The molecule has 0 atom stereocenters. The summed E-state index contributed by atoms with van der Waals surface area (Å²) in [5.41, 5.74) is 6.34. The zero-order valence-corrected chi connectivity index (χ0v) is 11.5. The minimum Gasteiger partial charge on any atom is -0.396 e. The van der Waals surface area contributed by atoms with E-state index in [1.165, 1.54) is 6.20 Å². The van der Waals surface area contributed by atoms with Crippen molar-refractivity contribution in [1.82, 2.24) is 15.3 Å². The number of amides is 1. The number of nitrogens with zero attached hydrogens (tertiary/aromatic N) is 2. The number of anilines is 1. The Morgan fingerprint density at radius 3 is 2.79 bits per heavy atom. The fourth-order valence-corrected chi connectivity index (χ4v) is 1.99. The van der Waals surface area contributed by atoms with Crippen molar-refractivity contribution in [3.05, 3.63) is 17.7 Å². The van der Waals surface area contributed by atoms with Gasteiger partial charge in [0.25, 0.3) is 5.91 Å². The molecule has 1 heterocycles. The van der Waals surface area contributed by atoms with E-state index in [4.69, 9.17) is 10.5 Å². The third-order valence-corrected chi connectivity index (χ3v) is 3.33. The SMILES string of the molecule is COC1CC(NC(=O)c2nc(C(C)C)ncc2N)C1. The van der Waals surface area contributed by atoms with E-state index in [1.54, 1.807) is 7.11 Å². The Labute approximate surface area is 112 Å². The molecule has 1 saturated carbocycles. The van der Waals surface area contributed by atoms with E-state index in [-0.39, 0.29) is 29.7 Å². The number of methoxy groups -OCH3 is 1. The van der Waals surface area contributed by atoms with Crippen LogP contribution in [0.3, 0.4) is 0 Å². The maximum atomic E-state index is 12.1. The number of carbonyl (C=O) groups excluding carboxylic acids is 1. The van der Waals surface area contributed by atoms with Crippen molar-refractivity contribution in [3.8, 4) is 0 Å². The maximum absolute atomic E-state index is 12.1. The van der Waals surface area contributed by atoms with Crippen LogP contribution in [0.5, 0.6) is 0 Å². The standard InChI is InChI=1S/C13H20N4O2/c1-7(2)12-15-6-10(14)11(17-12)13(18)16-8-4-9(5-8)19-3/h6-9H,4-5,14H2,1-3H3,(H,16,18). The molecule has 1 aromatic rings. The number of ether oxygens (including phenoxy) is 1. The van der Waals surface area contributed by atoms with Gasteiger partial charge in [-0.3, -0.25) is 4.79 Å². The van der Waals surface area contributed by atoms with Crippen molar-refractivity contribution in [2.75, 3.05) is 12.8 Å². The average Bonchev–Trinajstić information content (AvgIpc) is 2.33. The number of nitrogens with one attached hydrogen (secondary N) is 1. The van der Waals surface area contributed by atoms with Crippen LogP contribution in [-0.2, 0) is 4.74 Å². The number of rotatable bonds is 4. The van der Waals surface area contributed by atoms with Crippen molar-refractivity contribution in [2.45, 2.75) is 44.8 Å². The summed E-state index contributed by atoms with van der Waals surface area (Å²) in [5, 5.41) is 2.91. The summed E-state index contributed by atoms with van der Waals surface area (Å²) in [6, 6.07) is 0.148. The highest BCUT2D eigenvalue weighted by Gasteiger charge is 2.31. The third-order valence-electron chi connectivity index (χ3n) is 3.33.